The number of likely N-dealkylation sites (tertiary alicyclic amines) is 1. The van der Waals surface area contributed by atoms with E-state index in [1.165, 1.54) is 5.56 Å². The van der Waals surface area contributed by atoms with Gasteiger partial charge in [0.2, 0.25) is 0 Å². The molecular weight excluding hydrogens is 304 g/mol. The highest BCUT2D eigenvalue weighted by atomic mass is 16.6. The van der Waals surface area contributed by atoms with Crippen LogP contribution in [0.3, 0.4) is 0 Å². The lowest BCUT2D eigenvalue weighted by atomic mass is 10.1. The zero-order valence-electron chi connectivity index (χ0n) is 14.6. The lowest BCUT2D eigenvalue weighted by Crippen LogP contribution is -2.50. The molecule has 0 unspecified atom stereocenters. The molecule has 0 radical (unpaired) electrons. The van der Waals surface area contributed by atoms with Crippen LogP contribution in [0.1, 0.15) is 25.3 Å². The minimum Gasteiger partial charge on any atom is -0.450 e. The van der Waals surface area contributed by atoms with Gasteiger partial charge in [0.15, 0.2) is 5.96 Å². The fraction of sp³-hybridized carbons (Fsp3) is 0.556. The lowest BCUT2D eigenvalue weighted by molar-refractivity contribution is 0.0963. The van der Waals surface area contributed by atoms with Crippen molar-refractivity contribution in [3.05, 3.63) is 35.9 Å². The third kappa shape index (κ3) is 5.76. The van der Waals surface area contributed by atoms with Crippen LogP contribution in [0.5, 0.6) is 0 Å². The Hall–Kier alpha value is -2.24. The number of aliphatic imine (C=N–C) groups is 1. The highest BCUT2D eigenvalue weighted by molar-refractivity contribution is 5.80. The van der Waals surface area contributed by atoms with Gasteiger partial charge in [-0.3, -0.25) is 4.99 Å². The monoisotopic (exact) mass is 332 g/mol. The molecule has 2 rings (SSSR count). The van der Waals surface area contributed by atoms with Gasteiger partial charge in [0.25, 0.3) is 0 Å². The first-order valence-electron chi connectivity index (χ1n) is 8.65. The van der Waals surface area contributed by atoms with Crippen molar-refractivity contribution in [1.29, 1.82) is 0 Å². The number of guanidine groups is 1. The summed E-state index contributed by atoms with van der Waals surface area (Å²) in [4.78, 5) is 17.8. The molecule has 132 valence electrons. The fourth-order valence-corrected chi connectivity index (χ4v) is 2.78. The minimum atomic E-state index is -0.207. The molecule has 1 aliphatic heterocycles. The highest BCUT2D eigenvalue weighted by Gasteiger charge is 2.23. The number of ether oxygens (including phenoxy) is 1. The number of carbonyl (C=O) groups is 1. The van der Waals surface area contributed by atoms with Crippen LogP contribution in [0.4, 0.5) is 4.79 Å². The van der Waals surface area contributed by atoms with E-state index in [1.54, 1.807) is 11.9 Å². The number of rotatable bonds is 5. The lowest BCUT2D eigenvalue weighted by Gasteiger charge is -2.32. The van der Waals surface area contributed by atoms with E-state index in [4.69, 9.17) is 4.74 Å². The van der Waals surface area contributed by atoms with E-state index in [1.807, 2.05) is 13.0 Å². The van der Waals surface area contributed by atoms with Crippen LogP contribution in [0, 0.1) is 0 Å². The number of hydrogen-bond donors (Lipinski definition) is 2. The molecule has 1 saturated heterocycles. The van der Waals surface area contributed by atoms with Crippen LogP contribution in [-0.4, -0.2) is 56.3 Å². The molecule has 0 spiro atoms. The van der Waals surface area contributed by atoms with Gasteiger partial charge in [-0.2, -0.15) is 0 Å². The summed E-state index contributed by atoms with van der Waals surface area (Å²) in [6.07, 6.45) is 2.56. The van der Waals surface area contributed by atoms with Gasteiger partial charge in [-0.25, -0.2) is 4.79 Å². The Kier molecular flexibility index (Phi) is 7.39. The van der Waals surface area contributed by atoms with Gasteiger partial charge in [0, 0.05) is 32.7 Å². The molecule has 1 fully saturated rings. The Balaban J connectivity index is 1.69. The number of nitrogens with zero attached hydrogens (tertiary/aromatic N) is 2. The van der Waals surface area contributed by atoms with Crippen molar-refractivity contribution in [1.82, 2.24) is 15.5 Å². The van der Waals surface area contributed by atoms with Gasteiger partial charge in [-0.1, -0.05) is 30.3 Å². The van der Waals surface area contributed by atoms with Gasteiger partial charge in [-0.05, 0) is 31.7 Å². The molecule has 1 heterocycles. The molecule has 6 nitrogen and oxygen atoms in total. The SMILES string of the molecule is CCOC(=O)N1CCC(NC(=NC)NCCc2ccccc2)CC1. The Morgan fingerprint density at radius 2 is 2.00 bits per heavy atom. The number of benzene rings is 1. The number of piperidine rings is 1. The molecule has 1 amide bonds. The van der Waals surface area contributed by atoms with E-state index in [0.29, 0.717) is 12.6 Å². The first-order valence-corrected chi connectivity index (χ1v) is 8.65. The topological polar surface area (TPSA) is 66.0 Å². The zero-order chi connectivity index (χ0) is 17.2. The Labute approximate surface area is 144 Å². The number of amides is 1. The number of hydrogen-bond acceptors (Lipinski definition) is 3. The van der Waals surface area contributed by atoms with Crippen LogP contribution in [0.2, 0.25) is 0 Å². The molecule has 0 saturated carbocycles. The van der Waals surface area contributed by atoms with Crippen molar-refractivity contribution in [2.24, 2.45) is 4.99 Å². The van der Waals surface area contributed by atoms with Crippen LogP contribution >= 0.6 is 0 Å². The third-order valence-electron chi connectivity index (χ3n) is 4.13. The summed E-state index contributed by atoms with van der Waals surface area (Å²) < 4.78 is 5.04. The third-order valence-corrected chi connectivity index (χ3v) is 4.13. The molecule has 0 aliphatic carbocycles. The maximum Gasteiger partial charge on any atom is 0.409 e. The van der Waals surface area contributed by atoms with E-state index < -0.39 is 0 Å². The van der Waals surface area contributed by atoms with Crippen molar-refractivity contribution < 1.29 is 9.53 Å². The Morgan fingerprint density at radius 1 is 1.29 bits per heavy atom. The van der Waals surface area contributed by atoms with Gasteiger partial charge in [0.1, 0.15) is 0 Å². The van der Waals surface area contributed by atoms with E-state index in [2.05, 4.69) is 39.9 Å². The van der Waals surface area contributed by atoms with Crippen molar-refractivity contribution in [2.45, 2.75) is 32.2 Å². The van der Waals surface area contributed by atoms with Gasteiger partial charge >= 0.3 is 6.09 Å². The summed E-state index contributed by atoms with van der Waals surface area (Å²) in [5.74, 6) is 0.820. The van der Waals surface area contributed by atoms with Crippen molar-refractivity contribution >= 4 is 12.1 Å². The van der Waals surface area contributed by atoms with E-state index in [9.17, 15) is 4.79 Å². The van der Waals surface area contributed by atoms with Crippen molar-refractivity contribution in [3.8, 4) is 0 Å². The first kappa shape index (κ1) is 18.1. The second-order valence-electron chi connectivity index (χ2n) is 5.84. The number of carbonyl (C=O) groups excluding carboxylic acids is 1. The molecule has 0 bridgehead atoms. The highest BCUT2D eigenvalue weighted by Crippen LogP contribution is 2.11. The van der Waals surface area contributed by atoms with Gasteiger partial charge in [-0.15, -0.1) is 0 Å². The van der Waals surface area contributed by atoms with E-state index in [0.717, 1.165) is 44.9 Å². The normalized spacial score (nSPS) is 15.9. The van der Waals surface area contributed by atoms with Crippen molar-refractivity contribution in [2.75, 3.05) is 33.3 Å². The average molecular weight is 332 g/mol. The predicted octanol–water partition coefficient (Wildman–Crippen LogP) is 2.02. The predicted molar refractivity (Wildman–Crippen MR) is 96.3 cm³/mol. The summed E-state index contributed by atoms with van der Waals surface area (Å²) >= 11 is 0. The maximum atomic E-state index is 11.7. The largest absolute Gasteiger partial charge is 0.450 e. The fourth-order valence-electron chi connectivity index (χ4n) is 2.78. The minimum absolute atomic E-state index is 0.207. The summed E-state index contributed by atoms with van der Waals surface area (Å²) in [6, 6.07) is 10.7. The quantitative estimate of drug-likeness (QED) is 0.639. The standard InChI is InChI=1S/C18H28N4O2/c1-3-24-18(23)22-13-10-16(11-14-22)21-17(19-2)20-12-9-15-7-5-4-6-8-15/h4-8,16H,3,9-14H2,1-2H3,(H2,19,20,21). The first-order chi connectivity index (χ1) is 11.7. The molecule has 24 heavy (non-hydrogen) atoms. The molecular formula is C18H28N4O2. The smallest absolute Gasteiger partial charge is 0.409 e. The summed E-state index contributed by atoms with van der Waals surface area (Å²) in [6.45, 7) is 4.53. The van der Waals surface area contributed by atoms with Gasteiger partial charge in [0.05, 0.1) is 6.61 Å². The molecule has 2 N–H and O–H groups in total. The van der Waals surface area contributed by atoms with Crippen LogP contribution in [0.25, 0.3) is 0 Å². The maximum absolute atomic E-state index is 11.7. The molecule has 0 aromatic heterocycles. The molecule has 1 aromatic carbocycles. The molecule has 1 aromatic rings. The second-order valence-corrected chi connectivity index (χ2v) is 5.84. The summed E-state index contributed by atoms with van der Waals surface area (Å²) in [5, 5.41) is 6.80. The van der Waals surface area contributed by atoms with Crippen LogP contribution < -0.4 is 10.6 Å². The summed E-state index contributed by atoms with van der Waals surface area (Å²) in [7, 11) is 1.78. The second kappa shape index (κ2) is 9.80. The molecule has 1 aliphatic rings. The van der Waals surface area contributed by atoms with E-state index >= 15 is 0 Å². The van der Waals surface area contributed by atoms with Crippen LogP contribution in [-0.2, 0) is 11.2 Å². The molecule has 6 heteroatoms. The van der Waals surface area contributed by atoms with Crippen molar-refractivity contribution in [3.63, 3.8) is 0 Å². The molecule has 0 atom stereocenters. The van der Waals surface area contributed by atoms with E-state index in [-0.39, 0.29) is 6.09 Å². The number of nitrogens with one attached hydrogen (secondary N) is 2. The zero-order valence-corrected chi connectivity index (χ0v) is 14.6. The average Bonchev–Trinajstić information content (AvgIpc) is 2.62. The van der Waals surface area contributed by atoms with Crippen LogP contribution in [0.15, 0.2) is 35.3 Å². The summed E-state index contributed by atoms with van der Waals surface area (Å²) in [5.41, 5.74) is 1.31. The Bertz CT molecular complexity index is 525. The Morgan fingerprint density at radius 3 is 2.62 bits per heavy atom. The van der Waals surface area contributed by atoms with Gasteiger partial charge < -0.3 is 20.3 Å².